The molecular weight excluding hydrogens is 290 g/mol. The number of benzene rings is 1. The van der Waals surface area contributed by atoms with Gasteiger partial charge in [-0.15, -0.1) is 6.58 Å². The van der Waals surface area contributed by atoms with Crippen LogP contribution in [0.1, 0.15) is 5.56 Å². The fraction of sp³-hybridized carbons (Fsp3) is 0.200. The van der Waals surface area contributed by atoms with Crippen molar-refractivity contribution < 1.29 is 5.11 Å². The maximum absolute atomic E-state index is 11.9. The number of nitrogens with one attached hydrogen (secondary N) is 1. The predicted octanol–water partition coefficient (Wildman–Crippen LogP) is 2.44. The summed E-state index contributed by atoms with van der Waals surface area (Å²) in [6, 6.07) is 6.97. The standard InChI is InChI=1S/C15H16ClN3O2/c1-2-9-19-15(21)14(16)13(10-18-19)17-8-7-11-3-5-12(20)6-4-11/h2-6,10,17,20H,1,7-9H2. The summed E-state index contributed by atoms with van der Waals surface area (Å²) >= 11 is 6.03. The first-order valence-corrected chi connectivity index (χ1v) is 6.88. The summed E-state index contributed by atoms with van der Waals surface area (Å²) in [5.41, 5.74) is 1.25. The molecular formula is C15H16ClN3O2. The summed E-state index contributed by atoms with van der Waals surface area (Å²) in [6.45, 7) is 4.50. The number of anilines is 1. The Morgan fingerprint density at radius 3 is 2.76 bits per heavy atom. The first kappa shape index (κ1) is 15.1. The molecule has 0 saturated heterocycles. The number of allylic oxidation sites excluding steroid dienone is 1. The van der Waals surface area contributed by atoms with Gasteiger partial charge in [0.25, 0.3) is 5.56 Å². The highest BCUT2D eigenvalue weighted by atomic mass is 35.5. The van der Waals surface area contributed by atoms with Gasteiger partial charge in [0.15, 0.2) is 0 Å². The largest absolute Gasteiger partial charge is 0.508 e. The van der Waals surface area contributed by atoms with Crippen LogP contribution in [0, 0.1) is 0 Å². The molecule has 0 aliphatic rings. The van der Waals surface area contributed by atoms with Crippen molar-refractivity contribution in [1.29, 1.82) is 0 Å². The molecule has 21 heavy (non-hydrogen) atoms. The van der Waals surface area contributed by atoms with E-state index in [-0.39, 0.29) is 16.3 Å². The first-order chi connectivity index (χ1) is 10.1. The van der Waals surface area contributed by atoms with E-state index in [0.717, 1.165) is 12.0 Å². The molecule has 0 spiro atoms. The number of rotatable bonds is 6. The lowest BCUT2D eigenvalue weighted by molar-refractivity contribution is 0.475. The Morgan fingerprint density at radius 1 is 1.38 bits per heavy atom. The summed E-state index contributed by atoms with van der Waals surface area (Å²) in [6.07, 6.45) is 3.86. The van der Waals surface area contributed by atoms with Crippen LogP contribution >= 0.6 is 11.6 Å². The third kappa shape index (κ3) is 3.86. The van der Waals surface area contributed by atoms with Crippen LogP contribution < -0.4 is 10.9 Å². The lowest BCUT2D eigenvalue weighted by Gasteiger charge is -2.09. The number of aromatic nitrogens is 2. The number of phenolic OH excluding ortho intramolecular Hbond substituents is 1. The van der Waals surface area contributed by atoms with Crippen molar-refractivity contribution >= 4 is 17.3 Å². The fourth-order valence-electron chi connectivity index (χ4n) is 1.84. The van der Waals surface area contributed by atoms with Crippen molar-refractivity contribution in [3.8, 4) is 5.75 Å². The monoisotopic (exact) mass is 305 g/mol. The Hall–Kier alpha value is -2.27. The molecule has 1 aromatic heterocycles. The van der Waals surface area contributed by atoms with Gasteiger partial charge in [0.2, 0.25) is 0 Å². The second-order valence-electron chi connectivity index (χ2n) is 4.49. The summed E-state index contributed by atoms with van der Waals surface area (Å²) < 4.78 is 1.25. The minimum Gasteiger partial charge on any atom is -0.508 e. The van der Waals surface area contributed by atoms with E-state index in [1.54, 1.807) is 18.2 Å². The molecule has 2 aromatic rings. The summed E-state index contributed by atoms with van der Waals surface area (Å²) in [4.78, 5) is 11.9. The quantitative estimate of drug-likeness (QED) is 0.805. The van der Waals surface area contributed by atoms with Crippen LogP contribution in [0.2, 0.25) is 5.02 Å². The minimum atomic E-state index is -0.341. The molecule has 0 aliphatic heterocycles. The maximum Gasteiger partial charge on any atom is 0.287 e. The second-order valence-corrected chi connectivity index (χ2v) is 4.87. The molecule has 0 unspecified atom stereocenters. The number of hydrogen-bond donors (Lipinski definition) is 2. The molecule has 0 bridgehead atoms. The SMILES string of the molecule is C=CCn1ncc(NCCc2ccc(O)cc2)c(Cl)c1=O. The van der Waals surface area contributed by atoms with Gasteiger partial charge in [-0.05, 0) is 24.1 Å². The van der Waals surface area contributed by atoms with Crippen molar-refractivity contribution in [3.05, 3.63) is 64.1 Å². The molecule has 2 N–H and O–H groups in total. The van der Waals surface area contributed by atoms with E-state index in [1.165, 1.54) is 10.9 Å². The zero-order valence-electron chi connectivity index (χ0n) is 11.4. The van der Waals surface area contributed by atoms with Crippen LogP contribution in [0.4, 0.5) is 5.69 Å². The Morgan fingerprint density at radius 2 is 2.10 bits per heavy atom. The highest BCUT2D eigenvalue weighted by Crippen LogP contribution is 2.15. The van der Waals surface area contributed by atoms with E-state index in [4.69, 9.17) is 11.6 Å². The summed E-state index contributed by atoms with van der Waals surface area (Å²) in [5.74, 6) is 0.241. The van der Waals surface area contributed by atoms with Crippen LogP contribution in [-0.2, 0) is 13.0 Å². The summed E-state index contributed by atoms with van der Waals surface area (Å²) in [5, 5.41) is 16.4. The smallest absolute Gasteiger partial charge is 0.287 e. The molecule has 1 aromatic carbocycles. The van der Waals surface area contributed by atoms with Gasteiger partial charge in [0.05, 0.1) is 18.4 Å². The van der Waals surface area contributed by atoms with Crippen LogP contribution in [-0.4, -0.2) is 21.4 Å². The number of halogens is 1. The van der Waals surface area contributed by atoms with Gasteiger partial charge in [-0.3, -0.25) is 4.79 Å². The van der Waals surface area contributed by atoms with Gasteiger partial charge < -0.3 is 10.4 Å². The molecule has 0 saturated carbocycles. The van der Waals surface area contributed by atoms with Crippen LogP contribution in [0.5, 0.6) is 5.75 Å². The average molecular weight is 306 g/mol. The fourth-order valence-corrected chi connectivity index (χ4v) is 2.06. The van der Waals surface area contributed by atoms with E-state index in [9.17, 15) is 9.90 Å². The van der Waals surface area contributed by atoms with Crippen LogP contribution in [0.15, 0.2) is 47.9 Å². The number of phenols is 1. The Bertz CT molecular complexity index is 680. The van der Waals surface area contributed by atoms with Crippen molar-refractivity contribution in [2.24, 2.45) is 0 Å². The number of hydrogen-bond acceptors (Lipinski definition) is 4. The first-order valence-electron chi connectivity index (χ1n) is 6.50. The second kappa shape index (κ2) is 6.95. The molecule has 1 heterocycles. The number of nitrogens with zero attached hydrogens (tertiary/aromatic N) is 2. The van der Waals surface area contributed by atoms with Gasteiger partial charge >= 0.3 is 0 Å². The Balaban J connectivity index is 2.00. The Labute approximate surface area is 127 Å². The van der Waals surface area contributed by atoms with E-state index in [1.807, 2.05) is 12.1 Å². The molecule has 0 radical (unpaired) electrons. The minimum absolute atomic E-state index is 0.123. The zero-order chi connectivity index (χ0) is 15.2. The lowest BCUT2D eigenvalue weighted by Crippen LogP contribution is -2.24. The molecule has 0 amide bonds. The highest BCUT2D eigenvalue weighted by molar-refractivity contribution is 6.32. The molecule has 5 nitrogen and oxygen atoms in total. The van der Waals surface area contributed by atoms with Crippen molar-refractivity contribution in [2.45, 2.75) is 13.0 Å². The van der Waals surface area contributed by atoms with Crippen LogP contribution in [0.25, 0.3) is 0 Å². The average Bonchev–Trinajstić information content (AvgIpc) is 2.48. The van der Waals surface area contributed by atoms with Gasteiger partial charge in [0, 0.05) is 6.54 Å². The maximum atomic E-state index is 11.9. The Kier molecular flexibility index (Phi) is 5.00. The lowest BCUT2D eigenvalue weighted by atomic mass is 10.1. The van der Waals surface area contributed by atoms with Crippen LogP contribution in [0.3, 0.4) is 0 Å². The van der Waals surface area contributed by atoms with Crippen molar-refractivity contribution in [3.63, 3.8) is 0 Å². The molecule has 2 rings (SSSR count). The van der Waals surface area contributed by atoms with E-state index in [2.05, 4.69) is 17.0 Å². The highest BCUT2D eigenvalue weighted by Gasteiger charge is 2.08. The summed E-state index contributed by atoms with van der Waals surface area (Å²) in [7, 11) is 0. The van der Waals surface area contributed by atoms with Gasteiger partial charge in [0.1, 0.15) is 10.8 Å². The van der Waals surface area contributed by atoms with Gasteiger partial charge in [-0.2, -0.15) is 5.10 Å². The van der Waals surface area contributed by atoms with Crippen molar-refractivity contribution in [2.75, 3.05) is 11.9 Å². The molecule has 6 heteroatoms. The normalized spacial score (nSPS) is 10.3. The van der Waals surface area contributed by atoms with E-state index in [0.29, 0.717) is 18.8 Å². The number of aromatic hydroxyl groups is 1. The third-order valence-corrected chi connectivity index (χ3v) is 3.32. The molecule has 0 atom stereocenters. The van der Waals surface area contributed by atoms with Gasteiger partial charge in [-0.1, -0.05) is 29.8 Å². The molecule has 110 valence electrons. The predicted molar refractivity (Wildman–Crippen MR) is 84.0 cm³/mol. The molecule has 0 fully saturated rings. The zero-order valence-corrected chi connectivity index (χ0v) is 12.2. The van der Waals surface area contributed by atoms with Crippen molar-refractivity contribution in [1.82, 2.24) is 9.78 Å². The topological polar surface area (TPSA) is 67.2 Å². The van der Waals surface area contributed by atoms with E-state index >= 15 is 0 Å². The van der Waals surface area contributed by atoms with E-state index < -0.39 is 0 Å². The van der Waals surface area contributed by atoms with Gasteiger partial charge in [-0.25, -0.2) is 4.68 Å². The third-order valence-electron chi connectivity index (χ3n) is 2.95. The molecule has 0 aliphatic carbocycles.